The monoisotopic (exact) mass is 410 g/mol. The van der Waals surface area contributed by atoms with Crippen molar-refractivity contribution >= 4 is 9.84 Å². The molecule has 29 heavy (non-hydrogen) atoms. The summed E-state index contributed by atoms with van der Waals surface area (Å²) in [5.41, 5.74) is 3.15. The lowest BCUT2D eigenvalue weighted by Gasteiger charge is -2.25. The molecule has 1 heterocycles. The summed E-state index contributed by atoms with van der Waals surface area (Å²) < 4.78 is 29.0. The Morgan fingerprint density at radius 3 is 2.28 bits per heavy atom. The topological polar surface area (TPSA) is 59.5 Å². The molecule has 1 aromatic heterocycles. The summed E-state index contributed by atoms with van der Waals surface area (Å²) in [7, 11) is -1.11. The molecule has 5 nitrogen and oxygen atoms in total. The Morgan fingerprint density at radius 1 is 1.00 bits per heavy atom. The molecular formula is C23H26N2O3S. The van der Waals surface area contributed by atoms with Gasteiger partial charge in [-0.25, -0.2) is 8.42 Å². The Morgan fingerprint density at radius 2 is 1.69 bits per heavy atom. The second-order valence-corrected chi connectivity index (χ2v) is 9.20. The Kier molecular flexibility index (Phi) is 6.67. The van der Waals surface area contributed by atoms with Gasteiger partial charge in [0.05, 0.1) is 10.6 Å². The Bertz CT molecular complexity index is 1020. The standard InChI is InChI=1S/C23H26N2O3S/c1-18(20-9-13-23(14-10-20)29(3,26)27)25(2)16-19-7-11-22(12-8-19)28-17-21-6-4-5-15-24-21/h4-15,18H,16-17H2,1-3H3. The first-order valence-corrected chi connectivity index (χ1v) is 11.3. The summed E-state index contributed by atoms with van der Waals surface area (Å²) in [5.74, 6) is 0.812. The fourth-order valence-electron chi connectivity index (χ4n) is 3.00. The van der Waals surface area contributed by atoms with E-state index in [1.807, 2.05) is 42.5 Å². The SMILES string of the molecule is CC(c1ccc(S(C)(=O)=O)cc1)N(C)Cc1ccc(OCc2ccccn2)cc1. The second kappa shape index (κ2) is 9.20. The van der Waals surface area contributed by atoms with Crippen LogP contribution in [0.1, 0.15) is 29.8 Å². The molecule has 0 aliphatic rings. The van der Waals surface area contributed by atoms with Crippen LogP contribution in [0.3, 0.4) is 0 Å². The number of sulfone groups is 1. The lowest BCUT2D eigenvalue weighted by molar-refractivity contribution is 0.252. The van der Waals surface area contributed by atoms with Crippen LogP contribution in [0.4, 0.5) is 0 Å². The third kappa shape index (κ3) is 5.89. The van der Waals surface area contributed by atoms with E-state index in [4.69, 9.17) is 4.74 Å². The van der Waals surface area contributed by atoms with E-state index >= 15 is 0 Å². The number of ether oxygens (including phenoxy) is 1. The number of aromatic nitrogens is 1. The maximum absolute atomic E-state index is 11.6. The molecule has 0 N–H and O–H groups in total. The highest BCUT2D eigenvalue weighted by molar-refractivity contribution is 7.90. The van der Waals surface area contributed by atoms with Gasteiger partial charge in [-0.2, -0.15) is 0 Å². The summed E-state index contributed by atoms with van der Waals surface area (Å²) in [6.07, 6.45) is 2.98. The fourth-order valence-corrected chi connectivity index (χ4v) is 3.64. The molecule has 1 unspecified atom stereocenters. The van der Waals surface area contributed by atoms with E-state index in [1.54, 1.807) is 18.3 Å². The molecular weight excluding hydrogens is 384 g/mol. The minimum absolute atomic E-state index is 0.156. The zero-order valence-corrected chi connectivity index (χ0v) is 17.8. The molecule has 3 rings (SSSR count). The summed E-state index contributed by atoms with van der Waals surface area (Å²) >= 11 is 0. The maximum Gasteiger partial charge on any atom is 0.175 e. The Hall–Kier alpha value is -2.70. The van der Waals surface area contributed by atoms with E-state index in [0.717, 1.165) is 23.6 Å². The van der Waals surface area contributed by atoms with Gasteiger partial charge in [-0.1, -0.05) is 30.3 Å². The van der Waals surface area contributed by atoms with Gasteiger partial charge in [0.15, 0.2) is 9.84 Å². The predicted octanol–water partition coefficient (Wildman–Crippen LogP) is 4.26. The van der Waals surface area contributed by atoms with Gasteiger partial charge in [0.25, 0.3) is 0 Å². The maximum atomic E-state index is 11.6. The van der Waals surface area contributed by atoms with Crippen LogP contribution in [0.2, 0.25) is 0 Å². The van der Waals surface area contributed by atoms with Crippen LogP contribution in [-0.4, -0.2) is 31.6 Å². The van der Waals surface area contributed by atoms with Crippen molar-refractivity contribution in [3.63, 3.8) is 0 Å². The predicted molar refractivity (Wildman–Crippen MR) is 114 cm³/mol. The molecule has 0 saturated carbocycles. The number of hydrogen-bond donors (Lipinski definition) is 0. The van der Waals surface area contributed by atoms with Crippen molar-refractivity contribution in [3.05, 3.63) is 89.7 Å². The summed E-state index contributed by atoms with van der Waals surface area (Å²) in [4.78, 5) is 6.82. The van der Waals surface area contributed by atoms with E-state index in [9.17, 15) is 8.42 Å². The van der Waals surface area contributed by atoms with Gasteiger partial charge in [-0.05, 0) is 61.5 Å². The van der Waals surface area contributed by atoms with E-state index in [-0.39, 0.29) is 6.04 Å². The molecule has 3 aromatic rings. The highest BCUT2D eigenvalue weighted by Gasteiger charge is 2.14. The van der Waals surface area contributed by atoms with E-state index in [0.29, 0.717) is 11.5 Å². The van der Waals surface area contributed by atoms with Gasteiger partial charge in [0, 0.05) is 25.0 Å². The quantitative estimate of drug-likeness (QED) is 0.555. The number of pyridine rings is 1. The van der Waals surface area contributed by atoms with Crippen LogP contribution < -0.4 is 4.74 Å². The van der Waals surface area contributed by atoms with Gasteiger partial charge in [0.2, 0.25) is 0 Å². The van der Waals surface area contributed by atoms with Gasteiger partial charge in [-0.3, -0.25) is 9.88 Å². The van der Waals surface area contributed by atoms with Crippen LogP contribution in [0.15, 0.2) is 77.8 Å². The van der Waals surface area contributed by atoms with Crippen LogP contribution in [0, 0.1) is 0 Å². The summed E-state index contributed by atoms with van der Waals surface area (Å²) in [6, 6.07) is 21.1. The zero-order valence-electron chi connectivity index (χ0n) is 16.9. The third-order valence-corrected chi connectivity index (χ3v) is 6.05. The molecule has 0 aliphatic heterocycles. The van der Waals surface area contributed by atoms with Crippen LogP contribution in [-0.2, 0) is 23.0 Å². The van der Waals surface area contributed by atoms with Crippen molar-refractivity contribution in [2.24, 2.45) is 0 Å². The van der Waals surface area contributed by atoms with Crippen LogP contribution >= 0.6 is 0 Å². The first kappa shape index (κ1) is 21.0. The van der Waals surface area contributed by atoms with Gasteiger partial charge < -0.3 is 4.74 Å². The summed E-state index contributed by atoms with van der Waals surface area (Å²) in [5, 5.41) is 0. The van der Waals surface area contributed by atoms with Crippen LogP contribution in [0.5, 0.6) is 5.75 Å². The van der Waals surface area contributed by atoms with Gasteiger partial charge in [0.1, 0.15) is 12.4 Å². The second-order valence-electron chi connectivity index (χ2n) is 7.19. The molecule has 0 radical (unpaired) electrons. The molecule has 6 heteroatoms. The van der Waals surface area contributed by atoms with Crippen molar-refractivity contribution < 1.29 is 13.2 Å². The van der Waals surface area contributed by atoms with Gasteiger partial charge >= 0.3 is 0 Å². The first-order chi connectivity index (χ1) is 13.8. The molecule has 1 atom stereocenters. The van der Waals surface area contributed by atoms with Gasteiger partial charge in [-0.15, -0.1) is 0 Å². The highest BCUT2D eigenvalue weighted by Crippen LogP contribution is 2.23. The van der Waals surface area contributed by atoms with Crippen molar-refractivity contribution in [3.8, 4) is 5.75 Å². The molecule has 0 fully saturated rings. The molecule has 2 aromatic carbocycles. The van der Waals surface area contributed by atoms with E-state index < -0.39 is 9.84 Å². The number of rotatable bonds is 8. The van der Waals surface area contributed by atoms with Crippen molar-refractivity contribution in [1.29, 1.82) is 0 Å². The zero-order chi connectivity index (χ0) is 20.9. The lowest BCUT2D eigenvalue weighted by atomic mass is 10.1. The smallest absolute Gasteiger partial charge is 0.175 e. The van der Waals surface area contributed by atoms with Crippen molar-refractivity contribution in [2.75, 3.05) is 13.3 Å². The fraction of sp³-hybridized carbons (Fsp3) is 0.261. The third-order valence-electron chi connectivity index (χ3n) is 4.92. The molecule has 0 amide bonds. The molecule has 0 saturated heterocycles. The molecule has 0 bridgehead atoms. The first-order valence-electron chi connectivity index (χ1n) is 9.45. The van der Waals surface area contributed by atoms with E-state index in [2.05, 4.69) is 36.0 Å². The largest absolute Gasteiger partial charge is 0.487 e. The molecule has 0 aliphatic carbocycles. The average Bonchev–Trinajstić information content (AvgIpc) is 2.73. The number of nitrogens with zero attached hydrogens (tertiary/aromatic N) is 2. The van der Waals surface area contributed by atoms with E-state index in [1.165, 1.54) is 11.8 Å². The molecule has 152 valence electrons. The Labute approximate surface area is 172 Å². The minimum atomic E-state index is -3.17. The highest BCUT2D eigenvalue weighted by atomic mass is 32.2. The lowest BCUT2D eigenvalue weighted by Crippen LogP contribution is -2.21. The molecule has 0 spiro atoms. The van der Waals surface area contributed by atoms with Crippen molar-refractivity contribution in [1.82, 2.24) is 9.88 Å². The van der Waals surface area contributed by atoms with Crippen LogP contribution in [0.25, 0.3) is 0 Å². The Balaban J connectivity index is 1.57. The average molecular weight is 411 g/mol. The van der Waals surface area contributed by atoms with Crippen molar-refractivity contribution in [2.45, 2.75) is 31.0 Å². The normalized spacial score (nSPS) is 12.7. The number of hydrogen-bond acceptors (Lipinski definition) is 5. The minimum Gasteiger partial charge on any atom is -0.487 e. The summed E-state index contributed by atoms with van der Waals surface area (Å²) in [6.45, 7) is 3.33. The number of benzene rings is 2.